The van der Waals surface area contributed by atoms with Crippen molar-refractivity contribution in [3.8, 4) is 5.88 Å². The van der Waals surface area contributed by atoms with Crippen molar-refractivity contribution in [2.24, 2.45) is 0 Å². The van der Waals surface area contributed by atoms with E-state index in [1.807, 2.05) is 6.92 Å². The second kappa shape index (κ2) is 8.11. The topological polar surface area (TPSA) is 50.3 Å². The fourth-order valence-corrected chi connectivity index (χ4v) is 1.65. The van der Waals surface area contributed by atoms with Gasteiger partial charge in [0.05, 0.1) is 6.20 Å². The molecule has 0 amide bonds. The van der Waals surface area contributed by atoms with E-state index in [9.17, 15) is 0 Å². The fraction of sp³-hybridized carbons (Fsp3) is 0.667. The maximum atomic E-state index is 5.99. The molecule has 0 spiro atoms. The van der Waals surface area contributed by atoms with E-state index in [-0.39, 0.29) is 0 Å². The van der Waals surface area contributed by atoms with Crippen molar-refractivity contribution < 1.29 is 4.74 Å². The highest BCUT2D eigenvalue weighted by Crippen LogP contribution is 2.21. The summed E-state index contributed by atoms with van der Waals surface area (Å²) >= 11 is 5.99. The van der Waals surface area contributed by atoms with Gasteiger partial charge in [-0.15, -0.1) is 0 Å². The maximum absolute atomic E-state index is 5.99. The average molecular weight is 273 g/mol. The van der Waals surface area contributed by atoms with Crippen molar-refractivity contribution >= 4 is 17.5 Å². The molecule has 1 heterocycles. The van der Waals surface area contributed by atoms with Crippen LogP contribution >= 0.6 is 11.6 Å². The number of hydrogen-bond donors (Lipinski definition) is 1. The van der Waals surface area contributed by atoms with Gasteiger partial charge in [0.15, 0.2) is 0 Å². The third-order valence-electron chi connectivity index (χ3n) is 2.59. The van der Waals surface area contributed by atoms with Crippen LogP contribution in [0.2, 0.25) is 5.02 Å². The Labute approximate surface area is 114 Å². The molecule has 18 heavy (non-hydrogen) atoms. The Morgan fingerprint density at radius 1 is 1.33 bits per heavy atom. The van der Waals surface area contributed by atoms with Crippen molar-refractivity contribution in [1.29, 1.82) is 0 Å². The zero-order valence-electron chi connectivity index (χ0n) is 11.2. The van der Waals surface area contributed by atoms with E-state index in [4.69, 9.17) is 16.3 Å². The molecule has 0 radical (unpaired) electrons. The summed E-state index contributed by atoms with van der Waals surface area (Å²) in [7, 11) is 0. The van der Waals surface area contributed by atoms with Crippen LogP contribution in [0.25, 0.3) is 0 Å². The van der Waals surface area contributed by atoms with Gasteiger partial charge in [0.25, 0.3) is 0 Å². The Bertz CT molecular complexity index is 358. The van der Waals surface area contributed by atoms with E-state index in [1.54, 1.807) is 6.20 Å². The fourth-order valence-electron chi connectivity index (χ4n) is 1.51. The van der Waals surface area contributed by atoms with Gasteiger partial charge in [0.2, 0.25) is 11.8 Å². The number of rotatable bonds is 8. The monoisotopic (exact) mass is 272 g/mol. The minimum Gasteiger partial charge on any atom is -0.475 e. The molecule has 1 aromatic rings. The average Bonchev–Trinajstić information content (AvgIpc) is 2.38. The molecule has 0 aliphatic heterocycles. The van der Waals surface area contributed by atoms with Gasteiger partial charge in [-0.25, -0.2) is 4.98 Å². The molecule has 0 bridgehead atoms. The van der Waals surface area contributed by atoms with Crippen LogP contribution in [0.3, 0.4) is 0 Å². The summed E-state index contributed by atoms with van der Waals surface area (Å²) < 4.78 is 5.59. The van der Waals surface area contributed by atoms with Gasteiger partial charge >= 0.3 is 0 Å². The molecule has 6 heteroatoms. The molecule has 0 atom stereocenters. The zero-order valence-corrected chi connectivity index (χ0v) is 12.0. The second-order valence-electron chi connectivity index (χ2n) is 3.75. The van der Waals surface area contributed by atoms with Gasteiger partial charge in [-0.2, -0.15) is 4.98 Å². The second-order valence-corrected chi connectivity index (χ2v) is 4.16. The van der Waals surface area contributed by atoms with Crippen LogP contribution in [-0.2, 0) is 0 Å². The van der Waals surface area contributed by atoms with Crippen molar-refractivity contribution in [3.05, 3.63) is 11.2 Å². The van der Waals surface area contributed by atoms with Gasteiger partial charge < -0.3 is 15.0 Å². The number of likely N-dealkylation sites (N-methyl/N-ethyl adjacent to an activating group) is 1. The number of nitrogens with zero attached hydrogens (tertiary/aromatic N) is 3. The molecule has 0 aromatic carbocycles. The van der Waals surface area contributed by atoms with Gasteiger partial charge in [-0.1, -0.05) is 25.4 Å². The highest BCUT2D eigenvalue weighted by atomic mass is 35.5. The lowest BCUT2D eigenvalue weighted by Gasteiger charge is -2.18. The molecule has 0 unspecified atom stereocenters. The number of aromatic nitrogens is 2. The Kier molecular flexibility index (Phi) is 6.75. The molecule has 0 saturated heterocycles. The largest absolute Gasteiger partial charge is 0.475 e. The molecule has 0 saturated carbocycles. The number of halogens is 1. The quantitative estimate of drug-likeness (QED) is 0.787. The molecule has 1 aromatic heterocycles. The van der Waals surface area contributed by atoms with Gasteiger partial charge in [0, 0.05) is 13.1 Å². The maximum Gasteiger partial charge on any atom is 0.237 e. The molecule has 1 rings (SSSR count). The Hall–Kier alpha value is -1.07. The summed E-state index contributed by atoms with van der Waals surface area (Å²) in [5.74, 6) is 0.981. The lowest BCUT2D eigenvalue weighted by molar-refractivity contribution is 0.218. The minimum atomic E-state index is 0.440. The van der Waals surface area contributed by atoms with Crippen LogP contribution in [0.5, 0.6) is 5.88 Å². The van der Waals surface area contributed by atoms with Gasteiger partial charge in [-0.05, 0) is 20.0 Å². The SMILES string of the molecule is CCNc1ncc(Cl)c(OCCN(CC)CC)n1. The highest BCUT2D eigenvalue weighted by Gasteiger charge is 2.07. The summed E-state index contributed by atoms with van der Waals surface area (Å²) in [6, 6.07) is 0. The van der Waals surface area contributed by atoms with E-state index in [0.29, 0.717) is 23.5 Å². The summed E-state index contributed by atoms with van der Waals surface area (Å²) in [6.07, 6.45) is 1.55. The molecule has 102 valence electrons. The predicted octanol–water partition coefficient (Wildman–Crippen LogP) is 2.28. The Morgan fingerprint density at radius 3 is 2.67 bits per heavy atom. The minimum absolute atomic E-state index is 0.440. The lowest BCUT2D eigenvalue weighted by Crippen LogP contribution is -2.28. The normalized spacial score (nSPS) is 10.7. The number of ether oxygens (including phenoxy) is 1. The van der Waals surface area contributed by atoms with E-state index in [1.165, 1.54) is 0 Å². The first-order valence-electron chi connectivity index (χ1n) is 6.32. The molecule has 1 N–H and O–H groups in total. The summed E-state index contributed by atoms with van der Waals surface area (Å²) in [6.45, 7) is 10.5. The Balaban J connectivity index is 2.52. The van der Waals surface area contributed by atoms with Crippen molar-refractivity contribution in [2.45, 2.75) is 20.8 Å². The lowest BCUT2D eigenvalue weighted by atomic mass is 10.5. The van der Waals surface area contributed by atoms with Gasteiger partial charge in [0.1, 0.15) is 11.6 Å². The third-order valence-corrected chi connectivity index (χ3v) is 2.85. The summed E-state index contributed by atoms with van der Waals surface area (Å²) in [5.41, 5.74) is 0. The van der Waals surface area contributed by atoms with E-state index < -0.39 is 0 Å². The zero-order chi connectivity index (χ0) is 13.4. The molecule has 5 nitrogen and oxygen atoms in total. The number of anilines is 1. The van der Waals surface area contributed by atoms with Crippen molar-refractivity contribution in [1.82, 2.24) is 14.9 Å². The number of hydrogen-bond acceptors (Lipinski definition) is 5. The molecular weight excluding hydrogens is 252 g/mol. The van der Waals surface area contributed by atoms with Crippen LogP contribution < -0.4 is 10.1 Å². The van der Waals surface area contributed by atoms with Crippen LogP contribution in [-0.4, -0.2) is 47.7 Å². The first-order chi connectivity index (χ1) is 8.71. The van der Waals surface area contributed by atoms with Crippen LogP contribution in [0.4, 0.5) is 5.95 Å². The van der Waals surface area contributed by atoms with Crippen LogP contribution in [0.15, 0.2) is 6.20 Å². The predicted molar refractivity (Wildman–Crippen MR) is 74.5 cm³/mol. The smallest absolute Gasteiger partial charge is 0.237 e. The highest BCUT2D eigenvalue weighted by molar-refractivity contribution is 6.31. The van der Waals surface area contributed by atoms with Crippen molar-refractivity contribution in [2.75, 3.05) is 38.1 Å². The van der Waals surface area contributed by atoms with E-state index in [2.05, 4.69) is 34.0 Å². The standard InChI is InChI=1S/C12H21ClN4O/c1-4-14-12-15-9-10(13)11(16-12)18-8-7-17(5-2)6-3/h9H,4-8H2,1-3H3,(H,14,15,16). The molecule has 0 aliphatic carbocycles. The number of nitrogens with one attached hydrogen (secondary N) is 1. The van der Waals surface area contributed by atoms with E-state index in [0.717, 1.165) is 26.2 Å². The Morgan fingerprint density at radius 2 is 2.06 bits per heavy atom. The van der Waals surface area contributed by atoms with E-state index >= 15 is 0 Å². The summed E-state index contributed by atoms with van der Waals surface area (Å²) in [5, 5.41) is 3.47. The first kappa shape index (κ1) is 15.0. The van der Waals surface area contributed by atoms with Crippen LogP contribution in [0, 0.1) is 0 Å². The molecular formula is C12H21ClN4O. The first-order valence-corrected chi connectivity index (χ1v) is 6.70. The van der Waals surface area contributed by atoms with Gasteiger partial charge in [-0.3, -0.25) is 0 Å². The summed E-state index contributed by atoms with van der Waals surface area (Å²) in [4.78, 5) is 10.6. The molecule has 0 aliphatic rings. The third kappa shape index (κ3) is 4.66. The van der Waals surface area contributed by atoms with Crippen molar-refractivity contribution in [3.63, 3.8) is 0 Å². The van der Waals surface area contributed by atoms with Crippen LogP contribution in [0.1, 0.15) is 20.8 Å². The molecule has 0 fully saturated rings.